The summed E-state index contributed by atoms with van der Waals surface area (Å²) >= 11 is 0. The van der Waals surface area contributed by atoms with E-state index in [9.17, 15) is 9.59 Å². The van der Waals surface area contributed by atoms with Crippen molar-refractivity contribution in [2.45, 2.75) is 52.5 Å². The van der Waals surface area contributed by atoms with Crippen molar-refractivity contribution in [3.63, 3.8) is 0 Å². The molecule has 0 aromatic rings. The third-order valence-corrected chi connectivity index (χ3v) is 2.96. The van der Waals surface area contributed by atoms with Crippen LogP contribution in [0.25, 0.3) is 0 Å². The van der Waals surface area contributed by atoms with Crippen molar-refractivity contribution in [2.24, 2.45) is 0 Å². The number of unbranched alkanes of at least 4 members (excludes halogenated alkanes) is 2. The van der Waals surface area contributed by atoms with E-state index in [1.165, 1.54) is 14.2 Å². The monoisotopic (exact) mass is 288 g/mol. The highest BCUT2D eigenvalue weighted by atomic mass is 16.7. The molecule has 0 saturated carbocycles. The highest BCUT2D eigenvalue weighted by Crippen LogP contribution is 2.16. The zero-order valence-electron chi connectivity index (χ0n) is 13.6. The molecule has 0 heterocycles. The van der Waals surface area contributed by atoms with Crippen LogP contribution in [-0.2, 0) is 14.4 Å². The molecular weight excluding hydrogens is 260 g/mol. The van der Waals surface area contributed by atoms with Gasteiger partial charge in [0, 0.05) is 19.1 Å². The van der Waals surface area contributed by atoms with Gasteiger partial charge in [-0.25, -0.2) is 9.86 Å². The van der Waals surface area contributed by atoms with Crippen molar-refractivity contribution in [1.29, 1.82) is 0 Å². The van der Waals surface area contributed by atoms with Gasteiger partial charge in [-0.2, -0.15) is 0 Å². The first-order valence-corrected chi connectivity index (χ1v) is 6.99. The van der Waals surface area contributed by atoms with Gasteiger partial charge in [0.05, 0.1) is 7.11 Å². The molecule has 6 nitrogen and oxygen atoms in total. The number of hydrogen-bond acceptors (Lipinski definition) is 4. The molecule has 0 aromatic carbocycles. The van der Waals surface area contributed by atoms with Crippen LogP contribution in [0.2, 0.25) is 0 Å². The van der Waals surface area contributed by atoms with Gasteiger partial charge in [-0.05, 0) is 27.2 Å². The maximum Gasteiger partial charge on any atom is 0.410 e. The minimum atomic E-state index is -0.466. The van der Waals surface area contributed by atoms with Crippen LogP contribution >= 0.6 is 0 Å². The molecule has 2 amide bonds. The van der Waals surface area contributed by atoms with Crippen molar-refractivity contribution < 1.29 is 19.2 Å². The lowest BCUT2D eigenvalue weighted by atomic mass is 10.1. The largest absolute Gasteiger partial charge is 0.439 e. The molecule has 0 N–H and O–H groups in total. The van der Waals surface area contributed by atoms with Crippen LogP contribution in [-0.4, -0.2) is 54.8 Å². The molecule has 118 valence electrons. The maximum atomic E-state index is 12.1. The molecule has 0 aliphatic rings. The number of ether oxygens (including phenoxy) is 1. The quantitative estimate of drug-likeness (QED) is 0.533. The van der Waals surface area contributed by atoms with Gasteiger partial charge >= 0.3 is 6.09 Å². The Bertz CT molecular complexity index is 313. The van der Waals surface area contributed by atoms with E-state index in [2.05, 4.69) is 6.92 Å². The van der Waals surface area contributed by atoms with Gasteiger partial charge in [-0.1, -0.05) is 19.8 Å². The van der Waals surface area contributed by atoms with E-state index >= 15 is 0 Å². The van der Waals surface area contributed by atoms with Crippen molar-refractivity contribution in [1.82, 2.24) is 9.96 Å². The van der Waals surface area contributed by atoms with E-state index in [0.29, 0.717) is 6.54 Å². The van der Waals surface area contributed by atoms with Gasteiger partial charge in [0.25, 0.3) is 5.91 Å². The maximum absolute atomic E-state index is 12.1. The molecule has 0 radical (unpaired) electrons. The second kappa shape index (κ2) is 8.79. The third kappa shape index (κ3) is 6.75. The zero-order chi connectivity index (χ0) is 15.8. The number of carbonyl (C=O) groups excluding carboxylic acids is 2. The molecule has 0 saturated heterocycles. The summed E-state index contributed by atoms with van der Waals surface area (Å²) in [6.45, 7) is 8.27. The van der Waals surface area contributed by atoms with Crippen molar-refractivity contribution in [3.8, 4) is 0 Å². The summed E-state index contributed by atoms with van der Waals surface area (Å²) in [4.78, 5) is 30.0. The van der Waals surface area contributed by atoms with E-state index in [-0.39, 0.29) is 12.1 Å². The van der Waals surface area contributed by atoms with Gasteiger partial charge in [0.1, 0.15) is 0 Å². The molecule has 0 atom stereocenters. The first kappa shape index (κ1) is 18.7. The lowest BCUT2D eigenvalue weighted by Crippen LogP contribution is -2.47. The summed E-state index contributed by atoms with van der Waals surface area (Å²) in [5.41, 5.74) is -0.332. The van der Waals surface area contributed by atoms with Crippen LogP contribution in [0.15, 0.2) is 0 Å². The second-order valence-corrected chi connectivity index (χ2v) is 5.66. The first-order chi connectivity index (χ1) is 9.23. The third-order valence-electron chi connectivity index (χ3n) is 2.96. The van der Waals surface area contributed by atoms with Gasteiger partial charge in [0.15, 0.2) is 6.61 Å². The average Bonchev–Trinajstić information content (AvgIpc) is 2.38. The highest BCUT2D eigenvalue weighted by molar-refractivity contribution is 5.79. The Labute approximate surface area is 122 Å². The summed E-state index contributed by atoms with van der Waals surface area (Å²) in [6.07, 6.45) is 2.61. The predicted octanol–water partition coefficient (Wildman–Crippen LogP) is 2.43. The van der Waals surface area contributed by atoms with Crippen molar-refractivity contribution in [2.75, 3.05) is 27.3 Å². The van der Waals surface area contributed by atoms with Gasteiger partial charge in [0.2, 0.25) is 0 Å². The SMILES string of the molecule is CCCCCN(C(=O)OCC(=O)N(C)OC)C(C)(C)C. The zero-order valence-corrected chi connectivity index (χ0v) is 13.6. The molecule has 0 aliphatic heterocycles. The number of amides is 2. The van der Waals surface area contributed by atoms with Crippen LogP contribution in [0, 0.1) is 0 Å². The topological polar surface area (TPSA) is 59.1 Å². The molecule has 0 rings (SSSR count). The normalized spacial score (nSPS) is 11.1. The van der Waals surface area contributed by atoms with Crippen LogP contribution < -0.4 is 0 Å². The number of likely N-dealkylation sites (N-methyl/N-ethyl adjacent to an activating group) is 1. The van der Waals surface area contributed by atoms with E-state index in [4.69, 9.17) is 9.57 Å². The fourth-order valence-electron chi connectivity index (χ4n) is 1.61. The number of carbonyl (C=O) groups is 2. The van der Waals surface area contributed by atoms with Crippen LogP contribution in [0.1, 0.15) is 47.0 Å². The summed E-state index contributed by atoms with van der Waals surface area (Å²) in [5.74, 6) is -0.400. The Hall–Kier alpha value is -1.30. The lowest BCUT2D eigenvalue weighted by Gasteiger charge is -2.34. The standard InChI is InChI=1S/C14H28N2O4/c1-7-8-9-10-16(14(2,3)4)13(18)20-11-12(17)15(5)19-6/h7-11H2,1-6H3. The van der Waals surface area contributed by atoms with Crippen molar-refractivity contribution in [3.05, 3.63) is 0 Å². The number of hydrogen-bond donors (Lipinski definition) is 0. The Morgan fingerprint density at radius 1 is 1.15 bits per heavy atom. The molecule has 0 bridgehead atoms. The summed E-state index contributed by atoms with van der Waals surface area (Å²) in [5, 5.41) is 1.03. The predicted molar refractivity (Wildman–Crippen MR) is 77.1 cm³/mol. The molecule has 0 unspecified atom stereocenters. The van der Waals surface area contributed by atoms with Crippen LogP contribution in [0.3, 0.4) is 0 Å². The number of hydroxylamine groups is 2. The first-order valence-electron chi connectivity index (χ1n) is 6.99. The fraction of sp³-hybridized carbons (Fsp3) is 0.857. The van der Waals surface area contributed by atoms with E-state index in [1.807, 2.05) is 20.8 Å². The van der Waals surface area contributed by atoms with E-state index in [0.717, 1.165) is 24.3 Å². The molecule has 0 fully saturated rings. The Morgan fingerprint density at radius 3 is 2.20 bits per heavy atom. The van der Waals surface area contributed by atoms with Crippen LogP contribution in [0.5, 0.6) is 0 Å². The van der Waals surface area contributed by atoms with Crippen molar-refractivity contribution >= 4 is 12.0 Å². The summed E-state index contributed by atoms with van der Waals surface area (Å²) in [6, 6.07) is 0. The summed E-state index contributed by atoms with van der Waals surface area (Å²) in [7, 11) is 2.85. The van der Waals surface area contributed by atoms with Crippen LogP contribution in [0.4, 0.5) is 4.79 Å². The van der Waals surface area contributed by atoms with E-state index < -0.39 is 12.0 Å². The minimum absolute atomic E-state index is 0.316. The van der Waals surface area contributed by atoms with E-state index in [1.54, 1.807) is 4.90 Å². The van der Waals surface area contributed by atoms with Gasteiger partial charge < -0.3 is 9.64 Å². The molecule has 6 heteroatoms. The lowest BCUT2D eigenvalue weighted by molar-refractivity contribution is -0.172. The second-order valence-electron chi connectivity index (χ2n) is 5.66. The van der Waals surface area contributed by atoms with Gasteiger partial charge in [-0.15, -0.1) is 0 Å². The fourth-order valence-corrected chi connectivity index (χ4v) is 1.61. The number of nitrogens with zero attached hydrogens (tertiary/aromatic N) is 2. The Morgan fingerprint density at radius 2 is 1.75 bits per heavy atom. The number of rotatable bonds is 7. The highest BCUT2D eigenvalue weighted by Gasteiger charge is 2.27. The average molecular weight is 288 g/mol. The molecule has 0 spiro atoms. The minimum Gasteiger partial charge on any atom is -0.439 e. The molecule has 0 aliphatic carbocycles. The van der Waals surface area contributed by atoms with Gasteiger partial charge in [-0.3, -0.25) is 9.63 Å². The Balaban J connectivity index is 4.45. The Kier molecular flexibility index (Phi) is 8.22. The summed E-state index contributed by atoms with van der Waals surface area (Å²) < 4.78 is 5.06. The molecular formula is C14H28N2O4. The smallest absolute Gasteiger partial charge is 0.410 e. The molecule has 0 aromatic heterocycles. The molecule has 20 heavy (non-hydrogen) atoms.